The lowest BCUT2D eigenvalue weighted by Gasteiger charge is -2.19. The molecule has 19 heavy (non-hydrogen) atoms. The van der Waals surface area contributed by atoms with Crippen LogP contribution in [0.25, 0.3) is 5.70 Å². The van der Waals surface area contributed by atoms with Crippen molar-refractivity contribution < 1.29 is 4.39 Å². The van der Waals surface area contributed by atoms with E-state index in [0.717, 1.165) is 17.0 Å². The average molecular weight is 257 g/mol. The predicted molar refractivity (Wildman–Crippen MR) is 81.7 cm³/mol. The first-order valence-corrected chi connectivity index (χ1v) is 6.18. The molecular formula is C17H20FN. The number of hydrogen-bond acceptors (Lipinski definition) is 1. The molecule has 0 aliphatic carbocycles. The van der Waals surface area contributed by atoms with E-state index in [1.54, 1.807) is 24.3 Å². The van der Waals surface area contributed by atoms with Gasteiger partial charge in [-0.15, -0.1) is 0 Å². The van der Waals surface area contributed by atoms with Crippen molar-refractivity contribution in [2.75, 3.05) is 0 Å². The summed E-state index contributed by atoms with van der Waals surface area (Å²) in [5.41, 5.74) is 2.39. The van der Waals surface area contributed by atoms with Crippen molar-refractivity contribution in [3.8, 4) is 0 Å². The summed E-state index contributed by atoms with van der Waals surface area (Å²) < 4.78 is 13.0. The fraction of sp³-hybridized carbons (Fsp3) is 0.235. The Balaban J connectivity index is 3.26. The van der Waals surface area contributed by atoms with Crippen LogP contribution in [0.2, 0.25) is 0 Å². The number of hydrogen-bond donors (Lipinski definition) is 0. The second kappa shape index (κ2) is 6.28. The molecule has 1 nitrogen and oxygen atoms in total. The van der Waals surface area contributed by atoms with Gasteiger partial charge in [0.1, 0.15) is 5.82 Å². The summed E-state index contributed by atoms with van der Waals surface area (Å²) in [4.78, 5) is 4.62. The maximum atomic E-state index is 13.0. The first-order chi connectivity index (χ1) is 8.88. The zero-order valence-corrected chi connectivity index (χ0v) is 11.8. The van der Waals surface area contributed by atoms with Gasteiger partial charge in [-0.2, -0.15) is 0 Å². The lowest BCUT2D eigenvalue weighted by atomic mass is 9.89. The van der Waals surface area contributed by atoms with Crippen LogP contribution in [-0.4, -0.2) is 5.71 Å². The molecule has 1 rings (SSSR count). The first-order valence-electron chi connectivity index (χ1n) is 6.18. The fourth-order valence-corrected chi connectivity index (χ4v) is 1.58. The number of nitrogens with zero attached hydrogens (tertiary/aromatic N) is 1. The molecule has 0 N–H and O–H groups in total. The van der Waals surface area contributed by atoms with E-state index in [9.17, 15) is 4.39 Å². The number of aliphatic imine (C=N–C) groups is 1. The van der Waals surface area contributed by atoms with E-state index in [0.29, 0.717) is 0 Å². The van der Waals surface area contributed by atoms with Gasteiger partial charge in [-0.3, -0.25) is 4.99 Å². The van der Waals surface area contributed by atoms with Gasteiger partial charge >= 0.3 is 0 Å². The van der Waals surface area contributed by atoms with Crippen LogP contribution < -0.4 is 0 Å². The summed E-state index contributed by atoms with van der Waals surface area (Å²) in [7, 11) is 0. The van der Waals surface area contributed by atoms with Crippen LogP contribution in [0.4, 0.5) is 4.39 Å². The third-order valence-corrected chi connectivity index (χ3v) is 2.62. The van der Waals surface area contributed by atoms with Gasteiger partial charge in [0.15, 0.2) is 0 Å². The van der Waals surface area contributed by atoms with Crippen LogP contribution in [0.15, 0.2) is 60.6 Å². The van der Waals surface area contributed by atoms with Crippen LogP contribution in [-0.2, 0) is 0 Å². The third kappa shape index (κ3) is 4.32. The summed E-state index contributed by atoms with van der Waals surface area (Å²) in [6, 6.07) is 6.26. The molecule has 0 saturated carbocycles. The molecule has 0 aromatic heterocycles. The topological polar surface area (TPSA) is 12.4 Å². The predicted octanol–water partition coefficient (Wildman–Crippen LogP) is 5.03. The summed E-state index contributed by atoms with van der Waals surface area (Å²) >= 11 is 0. The fourth-order valence-electron chi connectivity index (χ4n) is 1.58. The number of allylic oxidation sites excluding steroid dienone is 3. The maximum absolute atomic E-state index is 13.0. The van der Waals surface area contributed by atoms with E-state index in [1.165, 1.54) is 12.1 Å². The van der Waals surface area contributed by atoms with Crippen LogP contribution in [0, 0.1) is 11.2 Å². The van der Waals surface area contributed by atoms with Crippen LogP contribution >= 0.6 is 0 Å². The summed E-state index contributed by atoms with van der Waals surface area (Å²) in [6.07, 6.45) is 5.23. The van der Waals surface area contributed by atoms with E-state index in [2.05, 4.69) is 38.9 Å². The molecule has 0 aliphatic heterocycles. The lowest BCUT2D eigenvalue weighted by molar-refractivity contribution is 0.594. The molecular weight excluding hydrogens is 237 g/mol. The van der Waals surface area contributed by atoms with Crippen LogP contribution in [0.3, 0.4) is 0 Å². The van der Waals surface area contributed by atoms with Crippen molar-refractivity contribution in [3.05, 3.63) is 67.0 Å². The number of halogens is 1. The molecule has 0 aliphatic rings. The van der Waals surface area contributed by atoms with Gasteiger partial charge in [0.05, 0.1) is 5.70 Å². The Bertz CT molecular complexity index is 513. The number of rotatable bonds is 4. The van der Waals surface area contributed by atoms with Crippen molar-refractivity contribution in [1.29, 1.82) is 0 Å². The Morgan fingerprint density at radius 2 is 1.74 bits per heavy atom. The Labute approximate surface area is 114 Å². The van der Waals surface area contributed by atoms with E-state index >= 15 is 0 Å². The zero-order valence-electron chi connectivity index (χ0n) is 11.8. The largest absolute Gasteiger partial charge is 0.252 e. The minimum atomic E-state index is -0.259. The second-order valence-corrected chi connectivity index (χ2v) is 5.25. The maximum Gasteiger partial charge on any atom is 0.123 e. The molecule has 0 saturated heterocycles. The Kier molecular flexibility index (Phi) is 4.99. The normalized spacial score (nSPS) is 13.3. The van der Waals surface area contributed by atoms with E-state index in [-0.39, 0.29) is 11.2 Å². The Morgan fingerprint density at radius 3 is 2.16 bits per heavy atom. The van der Waals surface area contributed by atoms with Crippen LogP contribution in [0.5, 0.6) is 0 Å². The molecule has 0 radical (unpaired) electrons. The molecule has 0 atom stereocenters. The summed E-state index contributed by atoms with van der Waals surface area (Å²) in [6.45, 7) is 13.7. The minimum Gasteiger partial charge on any atom is -0.252 e. The van der Waals surface area contributed by atoms with Crippen molar-refractivity contribution in [2.45, 2.75) is 20.8 Å². The molecule has 2 heteroatoms. The van der Waals surface area contributed by atoms with E-state index < -0.39 is 0 Å². The molecule has 0 bridgehead atoms. The molecule has 1 aromatic carbocycles. The SMILES string of the molecule is C=C/C=C(\N=C(/C=C)C(C)(C)C)c1ccc(F)cc1. The van der Waals surface area contributed by atoms with Gasteiger partial charge in [-0.05, 0) is 36.4 Å². The highest BCUT2D eigenvalue weighted by Crippen LogP contribution is 2.23. The molecule has 100 valence electrons. The minimum absolute atomic E-state index is 0.0952. The first kappa shape index (κ1) is 15.1. The standard InChI is InChI=1S/C17H20FN/c1-6-8-15(13-9-11-14(18)12-10-13)19-16(7-2)17(3,4)5/h6-12H,1-2H2,3-5H3/b15-8-,19-16+. The van der Waals surface area contributed by atoms with Gasteiger partial charge < -0.3 is 0 Å². The highest BCUT2D eigenvalue weighted by molar-refractivity contribution is 6.01. The van der Waals surface area contributed by atoms with Crippen molar-refractivity contribution in [3.63, 3.8) is 0 Å². The molecule has 0 heterocycles. The van der Waals surface area contributed by atoms with Gasteiger partial charge in [0.25, 0.3) is 0 Å². The van der Waals surface area contributed by atoms with Gasteiger partial charge in [-0.25, -0.2) is 4.39 Å². The van der Waals surface area contributed by atoms with Crippen molar-refractivity contribution in [1.82, 2.24) is 0 Å². The highest BCUT2D eigenvalue weighted by atomic mass is 19.1. The molecule has 0 fully saturated rings. The lowest BCUT2D eigenvalue weighted by Crippen LogP contribution is -2.17. The van der Waals surface area contributed by atoms with Crippen LogP contribution in [0.1, 0.15) is 26.3 Å². The number of benzene rings is 1. The zero-order chi connectivity index (χ0) is 14.5. The monoisotopic (exact) mass is 257 g/mol. The quantitative estimate of drug-likeness (QED) is 0.530. The Hall–Kier alpha value is -1.96. The van der Waals surface area contributed by atoms with Gasteiger partial charge in [0.2, 0.25) is 0 Å². The van der Waals surface area contributed by atoms with Gasteiger partial charge in [0, 0.05) is 16.7 Å². The third-order valence-electron chi connectivity index (χ3n) is 2.62. The van der Waals surface area contributed by atoms with E-state index in [4.69, 9.17) is 0 Å². The van der Waals surface area contributed by atoms with Crippen molar-refractivity contribution in [2.24, 2.45) is 10.4 Å². The molecule has 0 spiro atoms. The molecule has 1 aromatic rings. The van der Waals surface area contributed by atoms with Gasteiger partial charge in [-0.1, -0.05) is 40.0 Å². The smallest absolute Gasteiger partial charge is 0.123 e. The Morgan fingerprint density at radius 1 is 1.16 bits per heavy atom. The summed E-state index contributed by atoms with van der Waals surface area (Å²) in [5.74, 6) is -0.259. The molecule has 0 unspecified atom stereocenters. The second-order valence-electron chi connectivity index (χ2n) is 5.25. The molecule has 0 amide bonds. The van der Waals surface area contributed by atoms with Crippen molar-refractivity contribution >= 4 is 11.4 Å². The highest BCUT2D eigenvalue weighted by Gasteiger charge is 2.16. The van der Waals surface area contributed by atoms with E-state index in [1.807, 2.05) is 6.08 Å². The summed E-state index contributed by atoms with van der Waals surface area (Å²) in [5, 5.41) is 0. The average Bonchev–Trinajstić information content (AvgIpc) is 2.34.